The lowest BCUT2D eigenvalue weighted by molar-refractivity contribution is 0.0838. The Labute approximate surface area is 205 Å². The van der Waals surface area contributed by atoms with Gasteiger partial charge >= 0.3 is 0 Å². The molecule has 4 aromatic rings. The van der Waals surface area contributed by atoms with Crippen molar-refractivity contribution in [3.63, 3.8) is 0 Å². The topological polar surface area (TPSA) is 87.7 Å². The molecular weight excluding hydrogens is 440 g/mol. The Bertz CT molecular complexity index is 1320. The first-order valence-corrected chi connectivity index (χ1v) is 12.2. The number of aliphatic hydroxyl groups excluding tert-OH is 1. The highest BCUT2D eigenvalue weighted by Gasteiger charge is 2.19. The Balaban J connectivity index is 1.18. The Morgan fingerprint density at radius 2 is 1.89 bits per heavy atom. The average molecular weight is 473 g/mol. The van der Waals surface area contributed by atoms with Crippen LogP contribution in [0.1, 0.15) is 35.5 Å². The van der Waals surface area contributed by atoms with Gasteiger partial charge < -0.3 is 14.8 Å². The SMILES string of the molecule is CC(C)Cn1cc(-c2ccc3nc(C(=O)NCC(O)CN4CCc5ccccc5C4)cn3c2)cn1. The molecule has 0 radical (unpaired) electrons. The molecule has 0 bridgehead atoms. The number of amides is 1. The quantitative estimate of drug-likeness (QED) is 0.412. The first-order chi connectivity index (χ1) is 16.9. The summed E-state index contributed by atoms with van der Waals surface area (Å²) in [5.74, 6) is 0.234. The zero-order chi connectivity index (χ0) is 24.4. The second kappa shape index (κ2) is 10.0. The van der Waals surface area contributed by atoms with Gasteiger partial charge in [0.15, 0.2) is 0 Å². The molecule has 0 fully saturated rings. The first kappa shape index (κ1) is 23.3. The van der Waals surface area contributed by atoms with E-state index >= 15 is 0 Å². The molecule has 1 atom stereocenters. The van der Waals surface area contributed by atoms with Crippen molar-refractivity contribution in [1.29, 1.82) is 0 Å². The Hall–Kier alpha value is -3.49. The molecule has 4 heterocycles. The number of aromatic nitrogens is 4. The lowest BCUT2D eigenvalue weighted by Crippen LogP contribution is -2.42. The van der Waals surface area contributed by atoms with Crippen molar-refractivity contribution in [2.75, 3.05) is 19.6 Å². The molecule has 8 heteroatoms. The van der Waals surface area contributed by atoms with Gasteiger partial charge in [0.1, 0.15) is 11.3 Å². The fraction of sp³-hybridized carbons (Fsp3) is 0.370. The van der Waals surface area contributed by atoms with E-state index in [0.717, 1.165) is 37.2 Å². The molecule has 1 aliphatic heterocycles. The van der Waals surface area contributed by atoms with Crippen LogP contribution in [0.5, 0.6) is 0 Å². The summed E-state index contributed by atoms with van der Waals surface area (Å²) in [4.78, 5) is 19.4. The van der Waals surface area contributed by atoms with E-state index in [0.29, 0.717) is 23.8 Å². The van der Waals surface area contributed by atoms with Gasteiger partial charge in [0.25, 0.3) is 5.91 Å². The van der Waals surface area contributed by atoms with E-state index in [1.807, 2.05) is 39.8 Å². The van der Waals surface area contributed by atoms with Gasteiger partial charge in [-0.05, 0) is 35.6 Å². The number of β-amino-alcohol motifs (C(OH)–C–C–N with tert-alkyl or cyclic N) is 1. The predicted molar refractivity (Wildman–Crippen MR) is 135 cm³/mol. The van der Waals surface area contributed by atoms with Gasteiger partial charge in [-0.1, -0.05) is 38.1 Å². The number of carbonyl (C=O) groups excluding carboxylic acids is 1. The number of carbonyl (C=O) groups is 1. The van der Waals surface area contributed by atoms with Crippen LogP contribution in [0.15, 0.2) is 61.2 Å². The van der Waals surface area contributed by atoms with Crippen molar-refractivity contribution in [1.82, 2.24) is 29.4 Å². The molecule has 5 rings (SSSR count). The zero-order valence-electron chi connectivity index (χ0n) is 20.3. The first-order valence-electron chi connectivity index (χ1n) is 12.2. The van der Waals surface area contributed by atoms with Crippen molar-refractivity contribution in [3.8, 4) is 11.1 Å². The van der Waals surface area contributed by atoms with Crippen LogP contribution >= 0.6 is 0 Å². The van der Waals surface area contributed by atoms with Gasteiger partial charge in [0, 0.05) is 62.4 Å². The van der Waals surface area contributed by atoms with Gasteiger partial charge in [0.05, 0.1) is 12.3 Å². The second-order valence-electron chi connectivity index (χ2n) is 9.77. The third-order valence-corrected chi connectivity index (χ3v) is 6.38. The van der Waals surface area contributed by atoms with Crippen LogP contribution in [0.25, 0.3) is 16.8 Å². The van der Waals surface area contributed by atoms with Crippen LogP contribution in [0, 0.1) is 5.92 Å². The van der Waals surface area contributed by atoms with Crippen molar-refractivity contribution in [2.45, 2.75) is 39.5 Å². The van der Waals surface area contributed by atoms with E-state index in [1.54, 1.807) is 6.20 Å². The number of hydrogen-bond donors (Lipinski definition) is 2. The maximum atomic E-state index is 12.7. The number of rotatable bonds is 8. The lowest BCUT2D eigenvalue weighted by Gasteiger charge is -2.30. The van der Waals surface area contributed by atoms with Gasteiger partial charge in [-0.25, -0.2) is 4.98 Å². The minimum atomic E-state index is -0.643. The van der Waals surface area contributed by atoms with E-state index in [1.165, 1.54) is 11.1 Å². The maximum Gasteiger partial charge on any atom is 0.271 e. The molecule has 1 aromatic carbocycles. The van der Waals surface area contributed by atoms with Crippen molar-refractivity contribution in [2.24, 2.45) is 5.92 Å². The minimum Gasteiger partial charge on any atom is -0.390 e. The molecule has 2 N–H and O–H groups in total. The third-order valence-electron chi connectivity index (χ3n) is 6.38. The van der Waals surface area contributed by atoms with Crippen molar-refractivity contribution >= 4 is 11.6 Å². The van der Waals surface area contributed by atoms with Crippen LogP contribution < -0.4 is 5.32 Å². The Morgan fingerprint density at radius 3 is 2.71 bits per heavy atom. The predicted octanol–water partition coefficient (Wildman–Crippen LogP) is 3.00. The molecule has 0 spiro atoms. The Morgan fingerprint density at radius 1 is 1.06 bits per heavy atom. The summed E-state index contributed by atoms with van der Waals surface area (Å²) in [7, 11) is 0. The fourth-order valence-corrected chi connectivity index (χ4v) is 4.63. The van der Waals surface area contributed by atoms with Crippen LogP contribution in [0.3, 0.4) is 0 Å². The fourth-order valence-electron chi connectivity index (χ4n) is 4.63. The molecule has 1 aliphatic rings. The number of imidazole rings is 1. The summed E-state index contributed by atoms with van der Waals surface area (Å²) in [6, 6.07) is 12.3. The molecule has 0 aliphatic carbocycles. The standard InChI is InChI=1S/C27H32N6O2/c1-19(2)13-33-16-23(11-29-33)22-7-8-26-30-25(18-32(26)15-22)27(35)28-12-24(34)17-31-10-9-20-5-3-4-6-21(20)14-31/h3-8,11,15-16,18-19,24,34H,9-10,12-14,17H2,1-2H3,(H,28,35). The molecule has 3 aromatic heterocycles. The maximum absolute atomic E-state index is 12.7. The van der Waals surface area contributed by atoms with E-state index in [4.69, 9.17) is 0 Å². The molecule has 0 saturated carbocycles. The van der Waals surface area contributed by atoms with E-state index in [-0.39, 0.29) is 12.5 Å². The highest BCUT2D eigenvalue weighted by atomic mass is 16.3. The normalized spacial score (nSPS) is 14.9. The van der Waals surface area contributed by atoms with Crippen LogP contribution in [0.4, 0.5) is 0 Å². The number of nitrogens with one attached hydrogen (secondary N) is 1. The smallest absolute Gasteiger partial charge is 0.271 e. The summed E-state index contributed by atoms with van der Waals surface area (Å²) in [6.07, 6.45) is 7.91. The molecule has 8 nitrogen and oxygen atoms in total. The van der Waals surface area contributed by atoms with Gasteiger partial charge in [-0.15, -0.1) is 0 Å². The highest BCUT2D eigenvalue weighted by molar-refractivity contribution is 5.92. The molecule has 1 amide bonds. The summed E-state index contributed by atoms with van der Waals surface area (Å²) < 4.78 is 3.80. The number of hydrogen-bond acceptors (Lipinski definition) is 5. The summed E-state index contributed by atoms with van der Waals surface area (Å²) in [5, 5.41) is 17.8. The largest absolute Gasteiger partial charge is 0.390 e. The monoisotopic (exact) mass is 472 g/mol. The Kier molecular flexibility index (Phi) is 6.66. The van der Waals surface area contributed by atoms with E-state index < -0.39 is 6.10 Å². The molecule has 182 valence electrons. The minimum absolute atomic E-state index is 0.186. The van der Waals surface area contributed by atoms with Crippen LogP contribution in [0.2, 0.25) is 0 Å². The van der Waals surface area contributed by atoms with Crippen molar-refractivity contribution < 1.29 is 9.90 Å². The van der Waals surface area contributed by atoms with E-state index in [2.05, 4.69) is 58.4 Å². The summed E-state index contributed by atoms with van der Waals surface area (Å²) in [5.41, 5.74) is 5.75. The molecular formula is C27H32N6O2. The lowest BCUT2D eigenvalue weighted by atomic mass is 10.00. The third kappa shape index (κ3) is 5.44. The summed E-state index contributed by atoms with van der Waals surface area (Å²) >= 11 is 0. The average Bonchev–Trinajstić information content (AvgIpc) is 3.48. The summed E-state index contributed by atoms with van der Waals surface area (Å²) in [6.45, 7) is 7.64. The van der Waals surface area contributed by atoms with Crippen molar-refractivity contribution in [3.05, 3.63) is 78.0 Å². The molecule has 35 heavy (non-hydrogen) atoms. The van der Waals surface area contributed by atoms with Gasteiger partial charge in [0.2, 0.25) is 0 Å². The van der Waals surface area contributed by atoms with Crippen LogP contribution in [-0.2, 0) is 19.5 Å². The second-order valence-corrected chi connectivity index (χ2v) is 9.77. The molecule has 0 saturated heterocycles. The number of fused-ring (bicyclic) bond motifs is 2. The zero-order valence-corrected chi connectivity index (χ0v) is 20.3. The number of pyridine rings is 1. The number of nitrogens with zero attached hydrogens (tertiary/aromatic N) is 5. The van der Waals surface area contributed by atoms with Gasteiger partial charge in [-0.2, -0.15) is 5.10 Å². The van der Waals surface area contributed by atoms with Crippen LogP contribution in [-0.4, -0.2) is 60.8 Å². The molecule has 1 unspecified atom stereocenters. The van der Waals surface area contributed by atoms with E-state index in [9.17, 15) is 9.90 Å². The van der Waals surface area contributed by atoms with Gasteiger partial charge in [-0.3, -0.25) is 14.4 Å². The number of benzene rings is 1. The number of aliphatic hydroxyl groups is 1. The highest BCUT2D eigenvalue weighted by Crippen LogP contribution is 2.21.